The van der Waals surface area contributed by atoms with Crippen LogP contribution in [0.2, 0.25) is 0 Å². The zero-order chi connectivity index (χ0) is 30.1. The van der Waals surface area contributed by atoms with Crippen LogP contribution in [0.3, 0.4) is 0 Å². The monoisotopic (exact) mass is 589 g/mol. The van der Waals surface area contributed by atoms with Gasteiger partial charge in [-0.2, -0.15) is 0 Å². The number of anilines is 1. The van der Waals surface area contributed by atoms with E-state index in [1.54, 1.807) is 35.2 Å². The largest absolute Gasteiger partial charge is 0.352 e. The van der Waals surface area contributed by atoms with Gasteiger partial charge in [-0.3, -0.25) is 13.9 Å². The molecule has 3 aromatic rings. The molecule has 7 nitrogen and oxygen atoms in total. The molecule has 0 aromatic heterocycles. The maximum atomic E-state index is 14.3. The van der Waals surface area contributed by atoms with Crippen LogP contribution >= 0.6 is 0 Å². The molecule has 8 heteroatoms. The Kier molecular flexibility index (Phi) is 10.8. The van der Waals surface area contributed by atoms with Gasteiger partial charge in [0.15, 0.2) is 0 Å². The van der Waals surface area contributed by atoms with Crippen LogP contribution in [-0.4, -0.2) is 43.8 Å². The van der Waals surface area contributed by atoms with Gasteiger partial charge in [-0.15, -0.1) is 0 Å². The van der Waals surface area contributed by atoms with E-state index in [0.717, 1.165) is 48.8 Å². The third kappa shape index (κ3) is 7.79. The molecule has 1 atom stereocenters. The Balaban J connectivity index is 1.70. The molecule has 0 radical (unpaired) electrons. The lowest BCUT2D eigenvalue weighted by Crippen LogP contribution is -2.54. The van der Waals surface area contributed by atoms with Crippen LogP contribution in [0.1, 0.15) is 69.1 Å². The average Bonchev–Trinajstić information content (AvgIpc) is 3.00. The van der Waals surface area contributed by atoms with E-state index in [-0.39, 0.29) is 23.4 Å². The Hall–Kier alpha value is -3.65. The fourth-order valence-corrected chi connectivity index (χ4v) is 7.05. The van der Waals surface area contributed by atoms with Gasteiger partial charge in [0.1, 0.15) is 12.6 Å². The fraction of sp³-hybridized carbons (Fsp3) is 0.412. The van der Waals surface area contributed by atoms with Crippen molar-refractivity contribution >= 4 is 27.5 Å². The van der Waals surface area contributed by atoms with E-state index in [1.165, 1.54) is 22.9 Å². The summed E-state index contributed by atoms with van der Waals surface area (Å²) in [6, 6.07) is 22.6. The average molecular weight is 590 g/mol. The van der Waals surface area contributed by atoms with Gasteiger partial charge in [0, 0.05) is 12.6 Å². The highest BCUT2D eigenvalue weighted by atomic mass is 32.2. The summed E-state index contributed by atoms with van der Waals surface area (Å²) in [4.78, 5) is 29.6. The van der Waals surface area contributed by atoms with E-state index in [9.17, 15) is 18.0 Å². The van der Waals surface area contributed by atoms with E-state index >= 15 is 0 Å². The van der Waals surface area contributed by atoms with Crippen LogP contribution in [0.15, 0.2) is 83.8 Å². The first-order valence-electron chi connectivity index (χ1n) is 15.0. The van der Waals surface area contributed by atoms with Crippen molar-refractivity contribution in [2.45, 2.75) is 89.2 Å². The van der Waals surface area contributed by atoms with Crippen molar-refractivity contribution in [3.05, 3.63) is 95.6 Å². The van der Waals surface area contributed by atoms with Crippen molar-refractivity contribution in [1.82, 2.24) is 10.2 Å². The Morgan fingerprint density at radius 3 is 2.19 bits per heavy atom. The molecule has 1 saturated carbocycles. The van der Waals surface area contributed by atoms with Gasteiger partial charge in [-0.1, -0.05) is 93.3 Å². The van der Waals surface area contributed by atoms with Crippen LogP contribution in [0.4, 0.5) is 5.69 Å². The maximum absolute atomic E-state index is 14.3. The topological polar surface area (TPSA) is 86.8 Å². The molecular weight excluding hydrogens is 546 g/mol. The molecule has 224 valence electrons. The molecule has 1 aliphatic rings. The second-order valence-corrected chi connectivity index (χ2v) is 13.0. The highest BCUT2D eigenvalue weighted by Gasteiger charge is 2.34. The van der Waals surface area contributed by atoms with Gasteiger partial charge in [0.25, 0.3) is 10.0 Å². The van der Waals surface area contributed by atoms with Gasteiger partial charge < -0.3 is 10.2 Å². The zero-order valence-corrected chi connectivity index (χ0v) is 25.8. The van der Waals surface area contributed by atoms with Crippen LogP contribution in [0.5, 0.6) is 0 Å². The molecule has 42 heavy (non-hydrogen) atoms. The second-order valence-electron chi connectivity index (χ2n) is 11.1. The van der Waals surface area contributed by atoms with Crippen molar-refractivity contribution in [2.75, 3.05) is 10.8 Å². The number of benzene rings is 3. The van der Waals surface area contributed by atoms with Crippen molar-refractivity contribution in [3.63, 3.8) is 0 Å². The number of nitrogens with one attached hydrogen (secondary N) is 1. The van der Waals surface area contributed by atoms with Crippen molar-refractivity contribution in [2.24, 2.45) is 0 Å². The molecule has 1 aliphatic carbocycles. The van der Waals surface area contributed by atoms with Crippen LogP contribution in [-0.2, 0) is 32.6 Å². The lowest BCUT2D eigenvalue weighted by molar-refractivity contribution is -0.140. The number of rotatable bonds is 12. The summed E-state index contributed by atoms with van der Waals surface area (Å²) < 4.78 is 29.1. The molecule has 4 rings (SSSR count). The minimum Gasteiger partial charge on any atom is -0.352 e. The summed E-state index contributed by atoms with van der Waals surface area (Å²) in [5.74, 6) is -0.614. The number of sulfonamides is 1. The number of carbonyl (C=O) groups excluding carboxylic acids is 2. The third-order valence-electron chi connectivity index (χ3n) is 8.02. The number of aryl methyl sites for hydroxylation is 2. The lowest BCUT2D eigenvalue weighted by atomic mass is 9.95. The fourth-order valence-electron chi connectivity index (χ4n) is 5.62. The molecular formula is C34H43N3O4S. The van der Waals surface area contributed by atoms with Crippen LogP contribution < -0.4 is 9.62 Å². The molecule has 1 fully saturated rings. The van der Waals surface area contributed by atoms with Gasteiger partial charge in [0.05, 0.1) is 10.6 Å². The predicted octanol–water partition coefficient (Wildman–Crippen LogP) is 6.01. The minimum absolute atomic E-state index is 0.100. The summed E-state index contributed by atoms with van der Waals surface area (Å²) in [6.07, 6.45) is 6.42. The third-order valence-corrected chi connectivity index (χ3v) is 9.80. The quantitative estimate of drug-likeness (QED) is 0.280. The number of hydrogen-bond acceptors (Lipinski definition) is 4. The lowest BCUT2D eigenvalue weighted by Gasteiger charge is -2.34. The SMILES string of the molecule is CCc1ccc(N(CC(=O)N(Cc2cccc(C)c2)[C@@H](CC)C(=O)NC2CCCCC2)S(=O)(=O)c2ccccc2)cc1. The summed E-state index contributed by atoms with van der Waals surface area (Å²) in [5, 5.41) is 3.19. The van der Waals surface area contributed by atoms with E-state index in [2.05, 4.69) is 5.32 Å². The number of amides is 2. The zero-order valence-electron chi connectivity index (χ0n) is 25.0. The number of hydrogen-bond donors (Lipinski definition) is 1. The molecule has 1 N–H and O–H groups in total. The number of nitrogens with zero attached hydrogens (tertiary/aromatic N) is 2. The van der Waals surface area contributed by atoms with E-state index in [0.29, 0.717) is 12.1 Å². The summed E-state index contributed by atoms with van der Waals surface area (Å²) in [5.41, 5.74) is 3.40. The summed E-state index contributed by atoms with van der Waals surface area (Å²) in [6.45, 7) is 5.68. The van der Waals surface area contributed by atoms with Gasteiger partial charge in [-0.05, 0) is 68.0 Å². The van der Waals surface area contributed by atoms with Gasteiger partial charge in [-0.25, -0.2) is 8.42 Å². The normalized spacial score (nSPS) is 14.6. The Morgan fingerprint density at radius 2 is 1.57 bits per heavy atom. The first-order chi connectivity index (χ1) is 20.2. The smallest absolute Gasteiger partial charge is 0.264 e. The molecule has 0 unspecified atom stereocenters. The highest BCUT2D eigenvalue weighted by molar-refractivity contribution is 7.92. The Morgan fingerprint density at radius 1 is 0.881 bits per heavy atom. The maximum Gasteiger partial charge on any atom is 0.264 e. The molecule has 0 bridgehead atoms. The van der Waals surface area contributed by atoms with Crippen LogP contribution in [0.25, 0.3) is 0 Å². The Labute approximate surface area is 251 Å². The highest BCUT2D eigenvalue weighted by Crippen LogP contribution is 2.26. The first kappa shape index (κ1) is 31.3. The molecule has 2 amide bonds. The molecule has 0 aliphatic heterocycles. The van der Waals surface area contributed by atoms with Crippen molar-refractivity contribution < 1.29 is 18.0 Å². The molecule has 0 spiro atoms. The second kappa shape index (κ2) is 14.5. The van der Waals surface area contributed by atoms with Gasteiger partial charge >= 0.3 is 0 Å². The Bertz CT molecular complexity index is 1440. The van der Waals surface area contributed by atoms with Crippen molar-refractivity contribution in [1.29, 1.82) is 0 Å². The summed E-state index contributed by atoms with van der Waals surface area (Å²) >= 11 is 0. The molecule has 0 heterocycles. The standard InChI is InChI=1S/C34H43N3O4S/c1-4-27-19-21-30(22-20-27)37(42(40,41)31-17-10-7-11-18-31)25-33(38)36(24-28-14-12-13-26(3)23-28)32(5-2)34(39)35-29-15-8-6-9-16-29/h7,10-14,17-23,29,32H,4-6,8-9,15-16,24-25H2,1-3H3,(H,35,39)/t32-/m0/s1. The molecule has 0 saturated heterocycles. The minimum atomic E-state index is -4.07. The predicted molar refractivity (Wildman–Crippen MR) is 168 cm³/mol. The number of carbonyl (C=O) groups is 2. The van der Waals surface area contributed by atoms with Crippen molar-refractivity contribution in [3.8, 4) is 0 Å². The first-order valence-corrected chi connectivity index (χ1v) is 16.5. The van der Waals surface area contributed by atoms with Crippen LogP contribution in [0, 0.1) is 6.92 Å². The molecule has 3 aromatic carbocycles. The van der Waals surface area contributed by atoms with E-state index < -0.39 is 28.5 Å². The van der Waals surface area contributed by atoms with E-state index in [1.807, 2.05) is 57.2 Å². The van der Waals surface area contributed by atoms with Gasteiger partial charge in [0.2, 0.25) is 11.8 Å². The van der Waals surface area contributed by atoms with E-state index in [4.69, 9.17) is 0 Å². The summed E-state index contributed by atoms with van der Waals surface area (Å²) in [7, 11) is -4.07.